The zero-order chi connectivity index (χ0) is 36.4. The Morgan fingerprint density at radius 3 is 1.54 bits per heavy atom. The summed E-state index contributed by atoms with van der Waals surface area (Å²) in [5.41, 5.74) is -1.67. The van der Waals surface area contributed by atoms with Crippen LogP contribution in [-0.2, 0) is 0 Å². The summed E-state index contributed by atoms with van der Waals surface area (Å²) in [7, 11) is 0. The van der Waals surface area contributed by atoms with Crippen LogP contribution < -0.4 is 9.47 Å². The molecule has 0 fully saturated rings. The minimum atomic E-state index is -2.20. The fourth-order valence-corrected chi connectivity index (χ4v) is 4.92. The van der Waals surface area contributed by atoms with Crippen molar-refractivity contribution in [1.82, 2.24) is 0 Å². The van der Waals surface area contributed by atoms with Gasteiger partial charge in [-0.25, -0.2) is 43.9 Å². The van der Waals surface area contributed by atoms with Crippen LogP contribution in [0.1, 0.15) is 68.6 Å². The molecule has 0 radical (unpaired) electrons. The van der Waals surface area contributed by atoms with Crippen LogP contribution in [0.25, 0.3) is 0 Å². The van der Waals surface area contributed by atoms with Crippen molar-refractivity contribution in [2.75, 3.05) is 13.2 Å². The van der Waals surface area contributed by atoms with Gasteiger partial charge in [-0.2, -0.15) is 0 Å². The number of benzene rings is 3. The van der Waals surface area contributed by atoms with Crippen LogP contribution in [0.5, 0.6) is 11.5 Å². The zero-order valence-electron chi connectivity index (χ0n) is 26.7. The Labute approximate surface area is 282 Å². The van der Waals surface area contributed by atoms with E-state index in [2.05, 4.69) is 30.6 Å². The Kier molecular flexibility index (Phi) is 13.4. The molecule has 12 heteroatoms. The Hall–Kier alpha value is -4.84. The molecule has 0 spiro atoms. The van der Waals surface area contributed by atoms with Crippen LogP contribution in [0.3, 0.4) is 0 Å². The molecule has 4 rings (SSSR count). The number of allylic oxidation sites excluding steroid dienone is 4. The second kappa shape index (κ2) is 17.7. The first-order valence-electron chi connectivity index (χ1n) is 15.6. The van der Waals surface area contributed by atoms with Crippen LogP contribution in [0.4, 0.5) is 43.9 Å². The summed E-state index contributed by atoms with van der Waals surface area (Å²) in [6, 6.07) is 5.03. The van der Waals surface area contributed by atoms with Crippen molar-refractivity contribution in [1.29, 1.82) is 0 Å². The minimum absolute atomic E-state index is 0.0453. The van der Waals surface area contributed by atoms with Crippen molar-refractivity contribution < 1.29 is 53.4 Å². The van der Waals surface area contributed by atoms with Gasteiger partial charge in [-0.1, -0.05) is 43.4 Å². The van der Waals surface area contributed by atoms with Crippen molar-refractivity contribution in [3.63, 3.8) is 0 Å². The first kappa shape index (κ1) is 38.0. The normalized spacial score (nSPS) is 14.7. The van der Waals surface area contributed by atoms with E-state index < -0.39 is 76.1 Å². The Morgan fingerprint density at radius 1 is 0.620 bits per heavy atom. The number of unbranched alkanes of at least 4 members (excludes halogenated alkanes) is 2. The van der Waals surface area contributed by atoms with Crippen molar-refractivity contribution in [3.8, 4) is 35.2 Å². The van der Waals surface area contributed by atoms with Crippen LogP contribution in [-0.4, -0.2) is 19.4 Å². The monoisotopic (exact) mass is 708 g/mol. The summed E-state index contributed by atoms with van der Waals surface area (Å²) < 4.78 is 149. The van der Waals surface area contributed by atoms with E-state index in [0.29, 0.717) is 37.0 Å². The van der Waals surface area contributed by atoms with Crippen molar-refractivity contribution in [2.24, 2.45) is 5.92 Å². The number of halogens is 10. The zero-order valence-corrected chi connectivity index (χ0v) is 26.7. The van der Waals surface area contributed by atoms with Gasteiger partial charge in [-0.3, -0.25) is 0 Å². The number of rotatable bonds is 12. The molecule has 0 bridgehead atoms. The van der Waals surface area contributed by atoms with Gasteiger partial charge in [-0.15, -0.1) is 0 Å². The summed E-state index contributed by atoms with van der Waals surface area (Å²) in [5.74, 6) is -2.58. The fourth-order valence-electron chi connectivity index (χ4n) is 4.92. The van der Waals surface area contributed by atoms with Crippen molar-refractivity contribution in [3.05, 3.63) is 117 Å². The van der Waals surface area contributed by atoms with Crippen LogP contribution in [0.2, 0.25) is 0 Å². The molecule has 0 amide bonds. The van der Waals surface area contributed by atoms with Crippen molar-refractivity contribution in [2.45, 2.75) is 58.0 Å². The van der Waals surface area contributed by atoms with Gasteiger partial charge in [0.1, 0.15) is 34.8 Å². The lowest BCUT2D eigenvalue weighted by Crippen LogP contribution is -2.08. The lowest BCUT2D eigenvalue weighted by atomic mass is 9.98. The van der Waals surface area contributed by atoms with Crippen LogP contribution in [0, 0.1) is 70.3 Å². The highest BCUT2D eigenvalue weighted by molar-refractivity contribution is 5.48. The summed E-state index contributed by atoms with van der Waals surface area (Å²) in [6.45, 7) is 2.46. The highest BCUT2D eigenvalue weighted by Crippen LogP contribution is 2.29. The van der Waals surface area contributed by atoms with Gasteiger partial charge < -0.3 is 9.47 Å². The highest BCUT2D eigenvalue weighted by Gasteiger charge is 2.23. The second-order valence-corrected chi connectivity index (χ2v) is 11.6. The third kappa shape index (κ3) is 10.6. The van der Waals surface area contributed by atoms with E-state index in [4.69, 9.17) is 9.47 Å². The third-order valence-electron chi connectivity index (χ3n) is 7.62. The van der Waals surface area contributed by atoms with Crippen LogP contribution in [0.15, 0.2) is 59.7 Å². The highest BCUT2D eigenvalue weighted by atomic mass is 19.2. The first-order valence-corrected chi connectivity index (χ1v) is 15.6. The molecular formula is C38H30F10O2. The SMILES string of the molecule is CC(CCCCOc1cc(F)c(C#CC2=CC(F)=C(F)C(F)C2)c(F)c1)CCCCOc1cc(F)c(C#Cc2cc(F)c(F)c(F)c2)c(F)c1. The summed E-state index contributed by atoms with van der Waals surface area (Å²) >= 11 is 0. The molecule has 3 aromatic carbocycles. The summed E-state index contributed by atoms with van der Waals surface area (Å²) in [4.78, 5) is 0. The predicted octanol–water partition coefficient (Wildman–Crippen LogP) is 10.7. The molecule has 50 heavy (non-hydrogen) atoms. The maximum Gasteiger partial charge on any atom is 0.194 e. The number of ether oxygens (including phenoxy) is 2. The molecular weight excluding hydrogens is 678 g/mol. The number of alkyl halides is 1. The average molecular weight is 709 g/mol. The Morgan fingerprint density at radius 2 is 1.08 bits per heavy atom. The molecule has 0 saturated heterocycles. The lowest BCUT2D eigenvalue weighted by Gasteiger charge is -2.12. The summed E-state index contributed by atoms with van der Waals surface area (Å²) in [5, 5.41) is 0. The molecule has 0 saturated carbocycles. The molecule has 2 nitrogen and oxygen atoms in total. The van der Waals surface area contributed by atoms with E-state index >= 15 is 0 Å². The molecule has 2 unspecified atom stereocenters. The van der Waals surface area contributed by atoms with Gasteiger partial charge in [0.05, 0.1) is 24.3 Å². The summed E-state index contributed by atoms with van der Waals surface area (Å²) in [6.07, 6.45) is 2.43. The van der Waals surface area contributed by atoms with Crippen LogP contribution >= 0.6 is 0 Å². The number of hydrogen-bond donors (Lipinski definition) is 0. The Bertz CT molecular complexity index is 1830. The van der Waals surface area contributed by atoms with Gasteiger partial charge in [0, 0.05) is 41.8 Å². The van der Waals surface area contributed by atoms with E-state index in [0.717, 1.165) is 49.9 Å². The smallest absolute Gasteiger partial charge is 0.194 e. The molecule has 0 N–H and O–H groups in total. The average Bonchev–Trinajstić information content (AvgIpc) is 3.05. The maximum absolute atomic E-state index is 14.5. The lowest BCUT2D eigenvalue weighted by molar-refractivity contribution is 0.287. The van der Waals surface area contributed by atoms with Gasteiger partial charge in [-0.05, 0) is 49.8 Å². The van der Waals surface area contributed by atoms with Gasteiger partial charge >= 0.3 is 0 Å². The molecule has 3 aromatic rings. The Balaban J connectivity index is 1.13. The number of hydrogen-bond acceptors (Lipinski definition) is 2. The quantitative estimate of drug-likeness (QED) is 0.0807. The van der Waals surface area contributed by atoms with E-state index in [1.54, 1.807) is 0 Å². The fraction of sp³-hybridized carbons (Fsp3) is 0.316. The second-order valence-electron chi connectivity index (χ2n) is 11.6. The van der Waals surface area contributed by atoms with Crippen molar-refractivity contribution >= 4 is 0 Å². The van der Waals surface area contributed by atoms with E-state index in [1.165, 1.54) is 0 Å². The largest absolute Gasteiger partial charge is 0.493 e. The molecule has 2 atom stereocenters. The van der Waals surface area contributed by atoms with Gasteiger partial charge in [0.25, 0.3) is 0 Å². The molecule has 264 valence electrons. The molecule has 0 heterocycles. The standard InChI is InChI=1S/C38H30F10O2/c1-22(6-2-4-12-49-25-18-29(39)27(30(40)19-25)10-8-23-14-33(43)37(47)34(44)15-23)7-3-5-13-50-26-20-31(41)28(32(42)21-26)11-9-24-16-35(45)38(48)36(46)17-24/h14-16,18-22,36H,2-7,12-13,17H2,1H3. The van der Waals surface area contributed by atoms with Gasteiger partial charge in [0.2, 0.25) is 0 Å². The third-order valence-corrected chi connectivity index (χ3v) is 7.62. The maximum atomic E-state index is 14.5. The van der Waals surface area contributed by atoms with E-state index in [-0.39, 0.29) is 35.8 Å². The molecule has 1 aliphatic rings. The molecule has 0 aliphatic heterocycles. The van der Waals surface area contributed by atoms with E-state index in [9.17, 15) is 43.9 Å². The van der Waals surface area contributed by atoms with E-state index in [1.807, 2.05) is 0 Å². The minimum Gasteiger partial charge on any atom is -0.493 e. The molecule has 0 aromatic heterocycles. The predicted molar refractivity (Wildman–Crippen MR) is 167 cm³/mol. The van der Waals surface area contributed by atoms with Gasteiger partial charge in [0.15, 0.2) is 35.3 Å². The topological polar surface area (TPSA) is 18.5 Å². The molecule has 1 aliphatic carbocycles. The first-order chi connectivity index (χ1) is 23.8.